The summed E-state index contributed by atoms with van der Waals surface area (Å²) >= 11 is 0. The largest absolute Gasteiger partial charge is 0.455 e. The van der Waals surface area contributed by atoms with Gasteiger partial charge in [0.1, 0.15) is 0 Å². The van der Waals surface area contributed by atoms with Crippen molar-refractivity contribution >= 4 is 5.97 Å². The van der Waals surface area contributed by atoms with E-state index in [2.05, 4.69) is 14.7 Å². The molecule has 2 aromatic rings. The Morgan fingerprint density at radius 1 is 1.17 bits per heavy atom. The lowest BCUT2D eigenvalue weighted by molar-refractivity contribution is -0.155. The van der Waals surface area contributed by atoms with Crippen LogP contribution in [0.5, 0.6) is 0 Å². The second kappa shape index (κ2) is 7.37. The van der Waals surface area contributed by atoms with Gasteiger partial charge in [0.25, 0.3) is 0 Å². The molecular weight excluding hydrogens is 328 g/mol. The lowest BCUT2D eigenvalue weighted by Gasteiger charge is -2.15. The van der Waals surface area contributed by atoms with Crippen molar-refractivity contribution in [1.29, 1.82) is 0 Å². The summed E-state index contributed by atoms with van der Waals surface area (Å²) in [4.78, 5) is 20.0. The predicted octanol–water partition coefficient (Wildman–Crippen LogP) is 3.76. The van der Waals surface area contributed by atoms with Crippen LogP contribution in [0.3, 0.4) is 0 Å². The van der Waals surface area contributed by atoms with E-state index >= 15 is 0 Å². The zero-order valence-corrected chi connectivity index (χ0v) is 12.7. The normalized spacial score (nSPS) is 11.6. The van der Waals surface area contributed by atoms with Gasteiger partial charge in [0, 0.05) is 18.0 Å². The molecule has 0 N–H and O–H groups in total. The molecule has 0 aliphatic carbocycles. The van der Waals surface area contributed by atoms with Gasteiger partial charge >= 0.3 is 18.3 Å². The maximum atomic E-state index is 12.7. The average molecular weight is 342 g/mol. The Labute approximate surface area is 135 Å². The first-order chi connectivity index (χ1) is 11.3. The quantitative estimate of drug-likeness (QED) is 0.592. The monoisotopic (exact) mass is 342 g/mol. The number of alkyl halides is 4. The number of aromatic nitrogens is 2. The average Bonchev–Trinajstić information content (AvgIpc) is 2.60. The molecule has 1 aromatic heterocycles. The van der Waals surface area contributed by atoms with Crippen molar-refractivity contribution in [3.05, 3.63) is 47.8 Å². The topological polar surface area (TPSA) is 52.1 Å². The van der Waals surface area contributed by atoms with Crippen LogP contribution in [0.2, 0.25) is 0 Å². The van der Waals surface area contributed by atoms with E-state index in [0.717, 1.165) is 12.0 Å². The van der Waals surface area contributed by atoms with Crippen LogP contribution in [0.1, 0.15) is 22.8 Å². The Hall–Kier alpha value is -2.51. The van der Waals surface area contributed by atoms with E-state index in [9.17, 15) is 22.4 Å². The molecule has 0 unspecified atom stereocenters. The van der Waals surface area contributed by atoms with E-state index in [1.165, 1.54) is 24.3 Å². The predicted molar refractivity (Wildman–Crippen MR) is 78.1 cm³/mol. The number of carbonyl (C=O) groups excluding carboxylic acids is 1. The van der Waals surface area contributed by atoms with Crippen LogP contribution in [-0.4, -0.2) is 34.9 Å². The zero-order valence-electron chi connectivity index (χ0n) is 12.7. The van der Waals surface area contributed by atoms with Crippen molar-refractivity contribution in [2.75, 3.05) is 6.61 Å². The molecule has 0 spiro atoms. The summed E-state index contributed by atoms with van der Waals surface area (Å²) < 4.78 is 53.7. The number of benzene rings is 1. The Kier molecular flexibility index (Phi) is 5.48. The van der Waals surface area contributed by atoms with Gasteiger partial charge in [-0.25, -0.2) is 23.5 Å². The summed E-state index contributed by atoms with van der Waals surface area (Å²) in [5, 5.41) is 0. The molecule has 2 rings (SSSR count). The van der Waals surface area contributed by atoms with Gasteiger partial charge in [-0.05, 0) is 24.1 Å². The summed E-state index contributed by atoms with van der Waals surface area (Å²) in [5.41, 5.74) is 1.56. The second-order valence-electron chi connectivity index (χ2n) is 4.98. The van der Waals surface area contributed by atoms with Crippen molar-refractivity contribution in [2.24, 2.45) is 0 Å². The van der Waals surface area contributed by atoms with Gasteiger partial charge in [0.15, 0.2) is 12.4 Å². The first-order valence-corrected chi connectivity index (χ1v) is 7.08. The Morgan fingerprint density at radius 2 is 1.75 bits per heavy atom. The summed E-state index contributed by atoms with van der Waals surface area (Å²) in [6.45, 7) is 0.295. The van der Waals surface area contributed by atoms with Gasteiger partial charge < -0.3 is 4.74 Å². The van der Waals surface area contributed by atoms with E-state index in [-0.39, 0.29) is 5.56 Å². The maximum absolute atomic E-state index is 12.7. The first kappa shape index (κ1) is 17.8. The van der Waals surface area contributed by atoms with Crippen molar-refractivity contribution in [3.8, 4) is 11.4 Å². The molecule has 0 aliphatic rings. The number of carbonyl (C=O) groups is 1. The number of nitrogens with zero attached hydrogens (tertiary/aromatic N) is 2. The number of esters is 1. The third kappa shape index (κ3) is 4.27. The highest BCUT2D eigenvalue weighted by Crippen LogP contribution is 2.23. The Morgan fingerprint density at radius 3 is 2.25 bits per heavy atom. The van der Waals surface area contributed by atoms with E-state index in [4.69, 9.17) is 0 Å². The van der Waals surface area contributed by atoms with Crippen LogP contribution in [0.25, 0.3) is 11.4 Å². The van der Waals surface area contributed by atoms with Gasteiger partial charge in [0.05, 0.1) is 5.56 Å². The van der Waals surface area contributed by atoms with E-state index < -0.39 is 24.9 Å². The van der Waals surface area contributed by atoms with Crippen LogP contribution >= 0.6 is 0 Å². The highest BCUT2D eigenvalue weighted by Gasteiger charge is 2.42. The molecule has 0 bridgehead atoms. The van der Waals surface area contributed by atoms with Crippen LogP contribution in [-0.2, 0) is 11.2 Å². The number of ether oxygens (including phenoxy) is 1. The molecule has 4 nitrogen and oxygen atoms in total. The molecule has 8 heteroatoms. The van der Waals surface area contributed by atoms with E-state index in [0.29, 0.717) is 11.4 Å². The van der Waals surface area contributed by atoms with Crippen molar-refractivity contribution < 1.29 is 27.1 Å². The van der Waals surface area contributed by atoms with Gasteiger partial charge in [-0.15, -0.1) is 0 Å². The molecule has 24 heavy (non-hydrogen) atoms. The van der Waals surface area contributed by atoms with E-state index in [1.807, 2.05) is 6.92 Å². The van der Waals surface area contributed by atoms with Gasteiger partial charge in [-0.3, -0.25) is 0 Å². The first-order valence-electron chi connectivity index (χ1n) is 7.08. The molecular formula is C16H14F4N2O2. The fourth-order valence-electron chi connectivity index (χ4n) is 1.75. The molecule has 0 radical (unpaired) electrons. The summed E-state index contributed by atoms with van der Waals surface area (Å²) in [6, 6.07) is 5.69. The molecule has 0 saturated carbocycles. The summed E-state index contributed by atoms with van der Waals surface area (Å²) in [7, 11) is 0. The fraction of sp³-hybridized carbons (Fsp3) is 0.312. The highest BCUT2D eigenvalue weighted by atomic mass is 19.3. The molecule has 1 aromatic carbocycles. The minimum atomic E-state index is -4.37. The molecule has 1 heterocycles. The SMILES string of the molecule is CCc1cnc(-c2ccc(C(=O)OCC(F)(F)C(F)F)cc2)nc1. The molecule has 0 aliphatic heterocycles. The number of hydrogen-bond donors (Lipinski definition) is 0. The molecule has 0 atom stereocenters. The number of halogens is 4. The number of hydrogen-bond acceptors (Lipinski definition) is 4. The Bertz CT molecular complexity index is 688. The van der Waals surface area contributed by atoms with Crippen LogP contribution < -0.4 is 0 Å². The molecule has 0 fully saturated rings. The molecule has 0 amide bonds. The molecule has 0 saturated heterocycles. The van der Waals surface area contributed by atoms with Crippen molar-refractivity contribution in [1.82, 2.24) is 9.97 Å². The summed E-state index contributed by atoms with van der Waals surface area (Å²) in [5.74, 6) is -5.04. The van der Waals surface area contributed by atoms with Crippen LogP contribution in [0.4, 0.5) is 17.6 Å². The lowest BCUT2D eigenvalue weighted by Crippen LogP contribution is -2.33. The van der Waals surface area contributed by atoms with Crippen molar-refractivity contribution in [2.45, 2.75) is 25.7 Å². The fourth-order valence-corrected chi connectivity index (χ4v) is 1.75. The third-order valence-electron chi connectivity index (χ3n) is 3.21. The smallest absolute Gasteiger partial charge is 0.340 e. The maximum Gasteiger partial charge on any atom is 0.340 e. The van der Waals surface area contributed by atoms with Gasteiger partial charge in [0.2, 0.25) is 0 Å². The minimum Gasteiger partial charge on any atom is -0.455 e. The Balaban J connectivity index is 2.04. The van der Waals surface area contributed by atoms with Crippen LogP contribution in [0, 0.1) is 0 Å². The van der Waals surface area contributed by atoms with Gasteiger partial charge in [-0.1, -0.05) is 19.1 Å². The third-order valence-corrected chi connectivity index (χ3v) is 3.21. The zero-order chi connectivity index (χ0) is 17.7. The van der Waals surface area contributed by atoms with Crippen molar-refractivity contribution in [3.63, 3.8) is 0 Å². The van der Waals surface area contributed by atoms with Gasteiger partial charge in [-0.2, -0.15) is 8.78 Å². The molecule has 128 valence electrons. The number of rotatable bonds is 6. The van der Waals surface area contributed by atoms with Crippen LogP contribution in [0.15, 0.2) is 36.7 Å². The lowest BCUT2D eigenvalue weighted by atomic mass is 10.1. The van der Waals surface area contributed by atoms with E-state index in [1.54, 1.807) is 12.4 Å². The second-order valence-corrected chi connectivity index (χ2v) is 4.98. The highest BCUT2D eigenvalue weighted by molar-refractivity contribution is 5.89. The minimum absolute atomic E-state index is 0.0333. The number of aryl methyl sites for hydroxylation is 1. The summed E-state index contributed by atoms with van der Waals surface area (Å²) in [6.07, 6.45) is 0.262. The standard InChI is InChI=1S/C16H14F4N2O2/c1-2-10-7-21-13(22-8-10)11-3-5-12(6-4-11)14(23)24-9-16(19,20)15(17)18/h3-8,15H,2,9H2,1H3.